The molecule has 0 amide bonds. The molecule has 0 saturated heterocycles. The molecule has 1 aromatic rings. The second-order valence-corrected chi connectivity index (χ2v) is 3.62. The molecule has 0 spiro atoms. The van der Waals surface area contributed by atoms with Crippen molar-refractivity contribution in [3.8, 4) is 12.3 Å². The third-order valence-electron chi connectivity index (χ3n) is 1.92. The lowest BCUT2D eigenvalue weighted by Crippen LogP contribution is -2.29. The summed E-state index contributed by atoms with van der Waals surface area (Å²) in [6, 6.07) is 1.74. The molecule has 4 nitrogen and oxygen atoms in total. The highest BCUT2D eigenvalue weighted by molar-refractivity contribution is 6.31. The number of hydrogen-bond donors (Lipinski definition) is 1. The first-order valence-electron chi connectivity index (χ1n) is 4.59. The van der Waals surface area contributed by atoms with Gasteiger partial charge in [-0.25, -0.2) is 0 Å². The largest absolute Gasteiger partial charge is 0.480 e. The topological polar surface area (TPSA) is 53.4 Å². The molecular weight excluding hydrogens is 228 g/mol. The van der Waals surface area contributed by atoms with Crippen LogP contribution in [0.25, 0.3) is 0 Å². The molecule has 1 heterocycles. The van der Waals surface area contributed by atoms with Crippen LogP contribution in [0.5, 0.6) is 0 Å². The third kappa shape index (κ3) is 3.89. The average molecular weight is 239 g/mol. The Balaban J connectivity index is 2.72. The fraction of sp³-hybridized carbons (Fsp3) is 0.273. The van der Waals surface area contributed by atoms with Crippen LogP contribution in [0.3, 0.4) is 0 Å². The predicted octanol–water partition coefficient (Wildman–Crippen LogP) is 1.25. The maximum atomic E-state index is 10.6. The molecule has 0 aliphatic rings. The van der Waals surface area contributed by atoms with Gasteiger partial charge in [0.25, 0.3) is 0 Å². The van der Waals surface area contributed by atoms with Gasteiger partial charge in [0.1, 0.15) is 0 Å². The number of aromatic nitrogens is 1. The Morgan fingerprint density at radius 3 is 3.00 bits per heavy atom. The summed E-state index contributed by atoms with van der Waals surface area (Å²) < 4.78 is 0. The Bertz CT molecular complexity index is 415. The Morgan fingerprint density at radius 1 is 1.69 bits per heavy atom. The van der Waals surface area contributed by atoms with E-state index in [0.717, 1.165) is 5.56 Å². The normalized spacial score (nSPS) is 10.1. The monoisotopic (exact) mass is 238 g/mol. The van der Waals surface area contributed by atoms with Gasteiger partial charge in [-0.05, 0) is 11.6 Å². The van der Waals surface area contributed by atoms with Gasteiger partial charge in [-0.2, -0.15) is 0 Å². The highest BCUT2D eigenvalue weighted by Gasteiger charge is 2.10. The van der Waals surface area contributed by atoms with Gasteiger partial charge in [-0.15, -0.1) is 6.42 Å². The predicted molar refractivity (Wildman–Crippen MR) is 61.0 cm³/mol. The fourth-order valence-corrected chi connectivity index (χ4v) is 1.44. The Kier molecular flexibility index (Phi) is 4.77. The van der Waals surface area contributed by atoms with Crippen LogP contribution in [-0.4, -0.2) is 34.0 Å². The van der Waals surface area contributed by atoms with Crippen molar-refractivity contribution in [2.24, 2.45) is 0 Å². The zero-order valence-corrected chi connectivity index (χ0v) is 9.31. The first kappa shape index (κ1) is 12.5. The van der Waals surface area contributed by atoms with Crippen molar-refractivity contribution in [3.05, 3.63) is 29.0 Å². The van der Waals surface area contributed by atoms with Crippen molar-refractivity contribution in [3.63, 3.8) is 0 Å². The molecule has 0 aliphatic carbocycles. The molecular formula is C11H11ClN2O2. The van der Waals surface area contributed by atoms with Gasteiger partial charge in [-0.1, -0.05) is 17.5 Å². The highest BCUT2D eigenvalue weighted by atomic mass is 35.5. The third-order valence-corrected chi connectivity index (χ3v) is 2.26. The van der Waals surface area contributed by atoms with Crippen molar-refractivity contribution in [1.29, 1.82) is 0 Å². The van der Waals surface area contributed by atoms with E-state index in [1.165, 1.54) is 6.20 Å². The van der Waals surface area contributed by atoms with Gasteiger partial charge in [-0.3, -0.25) is 14.7 Å². The number of halogens is 1. The lowest BCUT2D eigenvalue weighted by molar-refractivity contribution is -0.138. The molecule has 0 radical (unpaired) electrons. The first-order chi connectivity index (χ1) is 7.63. The lowest BCUT2D eigenvalue weighted by atomic mass is 10.2. The molecule has 0 saturated carbocycles. The van der Waals surface area contributed by atoms with Crippen LogP contribution in [0.1, 0.15) is 5.56 Å². The van der Waals surface area contributed by atoms with Crippen molar-refractivity contribution in [2.75, 3.05) is 13.1 Å². The van der Waals surface area contributed by atoms with Crippen LogP contribution in [0.2, 0.25) is 5.02 Å². The summed E-state index contributed by atoms with van der Waals surface area (Å²) in [5.74, 6) is 1.50. The summed E-state index contributed by atoms with van der Waals surface area (Å²) in [7, 11) is 0. The summed E-state index contributed by atoms with van der Waals surface area (Å²) in [5.41, 5.74) is 0.813. The van der Waals surface area contributed by atoms with E-state index in [2.05, 4.69) is 10.9 Å². The number of carboxylic acid groups (broad SMARTS) is 1. The van der Waals surface area contributed by atoms with Crippen LogP contribution in [-0.2, 0) is 11.3 Å². The van der Waals surface area contributed by atoms with Gasteiger partial charge in [0, 0.05) is 18.9 Å². The second kappa shape index (κ2) is 6.11. The average Bonchev–Trinajstić information content (AvgIpc) is 2.21. The Morgan fingerprint density at radius 2 is 2.44 bits per heavy atom. The smallest absolute Gasteiger partial charge is 0.317 e. The van der Waals surface area contributed by atoms with Gasteiger partial charge in [0.15, 0.2) is 0 Å². The van der Waals surface area contributed by atoms with E-state index in [1.54, 1.807) is 17.2 Å². The van der Waals surface area contributed by atoms with Gasteiger partial charge < -0.3 is 5.11 Å². The van der Waals surface area contributed by atoms with E-state index in [-0.39, 0.29) is 13.1 Å². The number of carboxylic acids is 1. The first-order valence-corrected chi connectivity index (χ1v) is 4.97. The SMILES string of the molecule is C#CCN(CC(=O)O)Cc1ccncc1Cl. The molecule has 0 atom stereocenters. The van der Waals surface area contributed by atoms with Crippen LogP contribution >= 0.6 is 11.6 Å². The molecule has 0 unspecified atom stereocenters. The molecule has 1 aromatic heterocycles. The van der Waals surface area contributed by atoms with Crippen molar-refractivity contribution >= 4 is 17.6 Å². The van der Waals surface area contributed by atoms with Gasteiger partial charge in [0.05, 0.1) is 18.1 Å². The van der Waals surface area contributed by atoms with E-state index in [1.807, 2.05) is 0 Å². The number of aliphatic carboxylic acids is 1. The van der Waals surface area contributed by atoms with E-state index >= 15 is 0 Å². The molecule has 5 heteroatoms. The van der Waals surface area contributed by atoms with E-state index in [4.69, 9.17) is 23.1 Å². The molecule has 1 N–H and O–H groups in total. The quantitative estimate of drug-likeness (QED) is 0.785. The molecule has 0 fully saturated rings. The zero-order chi connectivity index (χ0) is 12.0. The van der Waals surface area contributed by atoms with Crippen molar-refractivity contribution in [2.45, 2.75) is 6.54 Å². The number of hydrogen-bond acceptors (Lipinski definition) is 3. The van der Waals surface area contributed by atoms with Gasteiger partial charge >= 0.3 is 5.97 Å². The van der Waals surface area contributed by atoms with E-state index < -0.39 is 5.97 Å². The summed E-state index contributed by atoms with van der Waals surface area (Å²) in [4.78, 5) is 16.1. The van der Waals surface area contributed by atoms with Crippen LogP contribution in [0, 0.1) is 12.3 Å². The summed E-state index contributed by atoms with van der Waals surface area (Å²) in [6.07, 6.45) is 8.29. The minimum Gasteiger partial charge on any atom is -0.480 e. The highest BCUT2D eigenvalue weighted by Crippen LogP contribution is 2.15. The van der Waals surface area contributed by atoms with Gasteiger partial charge in [0.2, 0.25) is 0 Å². The fourth-order valence-electron chi connectivity index (χ4n) is 1.26. The molecule has 0 bridgehead atoms. The molecule has 84 valence electrons. The summed E-state index contributed by atoms with van der Waals surface area (Å²) >= 11 is 5.92. The van der Waals surface area contributed by atoms with Crippen LogP contribution < -0.4 is 0 Å². The minimum atomic E-state index is -0.916. The molecule has 16 heavy (non-hydrogen) atoms. The maximum absolute atomic E-state index is 10.6. The lowest BCUT2D eigenvalue weighted by Gasteiger charge is -2.17. The standard InChI is InChI=1S/C11H11ClN2O2/c1-2-5-14(8-11(15)16)7-9-3-4-13-6-10(9)12/h1,3-4,6H,5,7-8H2,(H,15,16). The molecule has 0 aliphatic heterocycles. The maximum Gasteiger partial charge on any atom is 0.317 e. The van der Waals surface area contributed by atoms with Crippen LogP contribution in [0.15, 0.2) is 18.5 Å². The van der Waals surface area contributed by atoms with Crippen molar-refractivity contribution in [1.82, 2.24) is 9.88 Å². The minimum absolute atomic E-state index is 0.108. The number of pyridine rings is 1. The Labute approximate surface area is 98.9 Å². The summed E-state index contributed by atoms with van der Waals surface area (Å²) in [5, 5.41) is 9.21. The number of nitrogens with zero attached hydrogens (tertiary/aromatic N) is 2. The van der Waals surface area contributed by atoms with Crippen LogP contribution in [0.4, 0.5) is 0 Å². The number of terminal acetylenes is 1. The van der Waals surface area contributed by atoms with Crippen molar-refractivity contribution < 1.29 is 9.90 Å². The molecule has 0 aromatic carbocycles. The summed E-state index contributed by atoms with van der Waals surface area (Å²) in [6.45, 7) is 0.561. The number of carbonyl (C=O) groups is 1. The van der Waals surface area contributed by atoms with E-state index in [0.29, 0.717) is 11.6 Å². The zero-order valence-electron chi connectivity index (χ0n) is 8.56. The molecule has 1 rings (SSSR count). The second-order valence-electron chi connectivity index (χ2n) is 3.21. The Hall–Kier alpha value is -1.57. The van der Waals surface area contributed by atoms with E-state index in [9.17, 15) is 4.79 Å². The number of rotatable bonds is 5.